The number of rotatable bonds is 4. The molecule has 2 amide bonds. The fourth-order valence-electron chi connectivity index (χ4n) is 2.26. The number of piperazine rings is 1. The van der Waals surface area contributed by atoms with Crippen molar-refractivity contribution in [3.05, 3.63) is 24.0 Å². The third kappa shape index (κ3) is 2.89. The molecule has 3 rings (SSSR count). The highest BCUT2D eigenvalue weighted by molar-refractivity contribution is 5.92. The molecule has 0 spiro atoms. The second-order valence-corrected chi connectivity index (χ2v) is 5.28. The number of carbonyl (C=O) groups is 2. The maximum atomic E-state index is 12.3. The number of pyridine rings is 1. The molecule has 6 heteroatoms. The van der Waals surface area contributed by atoms with Gasteiger partial charge >= 0.3 is 0 Å². The largest absolute Gasteiger partial charge is 0.381 e. The van der Waals surface area contributed by atoms with Crippen LogP contribution in [-0.2, 0) is 4.79 Å². The van der Waals surface area contributed by atoms with Crippen molar-refractivity contribution in [2.45, 2.75) is 18.9 Å². The zero-order valence-electron chi connectivity index (χ0n) is 11.3. The Kier molecular flexibility index (Phi) is 3.54. The van der Waals surface area contributed by atoms with Crippen molar-refractivity contribution in [2.75, 3.05) is 31.5 Å². The third-order valence-electron chi connectivity index (χ3n) is 3.68. The molecule has 0 bridgehead atoms. The van der Waals surface area contributed by atoms with Gasteiger partial charge in [0.15, 0.2) is 0 Å². The fraction of sp³-hybridized carbons (Fsp3) is 0.500. The van der Waals surface area contributed by atoms with Gasteiger partial charge < -0.3 is 15.1 Å². The molecule has 2 fully saturated rings. The van der Waals surface area contributed by atoms with E-state index in [0.717, 1.165) is 12.1 Å². The van der Waals surface area contributed by atoms with E-state index in [-0.39, 0.29) is 5.91 Å². The minimum Gasteiger partial charge on any atom is -0.381 e. The van der Waals surface area contributed by atoms with E-state index < -0.39 is 0 Å². The normalized spacial score (nSPS) is 18.8. The lowest BCUT2D eigenvalue weighted by Crippen LogP contribution is -2.48. The van der Waals surface area contributed by atoms with Crippen LogP contribution in [-0.4, -0.2) is 59.3 Å². The first-order chi connectivity index (χ1) is 9.76. The highest BCUT2D eigenvalue weighted by Crippen LogP contribution is 2.24. The SMILES string of the molecule is O=CN1CCN(C(=O)c2ccc(NC3CC3)cn2)CC1. The van der Waals surface area contributed by atoms with Gasteiger partial charge in [-0.25, -0.2) is 4.98 Å². The summed E-state index contributed by atoms with van der Waals surface area (Å²) in [5, 5.41) is 3.34. The van der Waals surface area contributed by atoms with E-state index in [1.165, 1.54) is 12.8 Å². The van der Waals surface area contributed by atoms with Crippen molar-refractivity contribution < 1.29 is 9.59 Å². The highest BCUT2D eigenvalue weighted by Gasteiger charge is 2.23. The van der Waals surface area contributed by atoms with Crippen molar-refractivity contribution in [3.8, 4) is 0 Å². The maximum Gasteiger partial charge on any atom is 0.272 e. The smallest absolute Gasteiger partial charge is 0.272 e. The van der Waals surface area contributed by atoms with Gasteiger partial charge in [-0.2, -0.15) is 0 Å². The lowest BCUT2D eigenvalue weighted by Gasteiger charge is -2.32. The van der Waals surface area contributed by atoms with Crippen LogP contribution < -0.4 is 5.32 Å². The van der Waals surface area contributed by atoms with Gasteiger partial charge in [0.05, 0.1) is 11.9 Å². The molecule has 0 aromatic carbocycles. The molecule has 106 valence electrons. The zero-order chi connectivity index (χ0) is 13.9. The predicted octanol–water partition coefficient (Wildman–Crippen LogP) is 0.570. The topological polar surface area (TPSA) is 65.5 Å². The van der Waals surface area contributed by atoms with Crippen LogP contribution in [0.2, 0.25) is 0 Å². The standard InChI is InChI=1S/C14H18N4O2/c19-10-17-5-7-18(8-6-17)14(20)13-4-3-12(9-15-13)16-11-1-2-11/h3-4,9-11,16H,1-2,5-8H2. The van der Waals surface area contributed by atoms with E-state index in [4.69, 9.17) is 0 Å². The van der Waals surface area contributed by atoms with Crippen molar-refractivity contribution >= 4 is 18.0 Å². The molecular weight excluding hydrogens is 256 g/mol. The Morgan fingerprint density at radius 1 is 1.25 bits per heavy atom. The third-order valence-corrected chi connectivity index (χ3v) is 3.68. The van der Waals surface area contributed by atoms with E-state index in [0.29, 0.717) is 37.9 Å². The Balaban J connectivity index is 1.60. The number of anilines is 1. The first kappa shape index (κ1) is 12.9. The number of hydrogen-bond donors (Lipinski definition) is 1. The number of hydrogen-bond acceptors (Lipinski definition) is 4. The van der Waals surface area contributed by atoms with Crippen molar-refractivity contribution in [1.82, 2.24) is 14.8 Å². The predicted molar refractivity (Wildman–Crippen MR) is 74.4 cm³/mol. The van der Waals surface area contributed by atoms with Crippen LogP contribution >= 0.6 is 0 Å². The molecule has 1 saturated carbocycles. The molecule has 6 nitrogen and oxygen atoms in total. The number of carbonyl (C=O) groups excluding carboxylic acids is 2. The molecular formula is C14H18N4O2. The second kappa shape index (κ2) is 5.48. The van der Waals surface area contributed by atoms with Crippen molar-refractivity contribution in [1.29, 1.82) is 0 Å². The molecule has 2 aliphatic rings. The van der Waals surface area contributed by atoms with Crippen LogP contribution in [0.5, 0.6) is 0 Å². The van der Waals surface area contributed by atoms with Crippen molar-refractivity contribution in [3.63, 3.8) is 0 Å². The van der Waals surface area contributed by atoms with E-state index in [1.54, 1.807) is 22.1 Å². The number of nitrogens with one attached hydrogen (secondary N) is 1. The highest BCUT2D eigenvalue weighted by atomic mass is 16.2. The summed E-state index contributed by atoms with van der Waals surface area (Å²) in [4.78, 5) is 30.6. The summed E-state index contributed by atoms with van der Waals surface area (Å²) >= 11 is 0. The van der Waals surface area contributed by atoms with Gasteiger partial charge in [-0.1, -0.05) is 0 Å². The van der Waals surface area contributed by atoms with E-state index >= 15 is 0 Å². The van der Waals surface area contributed by atoms with E-state index in [2.05, 4.69) is 10.3 Å². The molecule has 20 heavy (non-hydrogen) atoms. The molecule has 1 aliphatic heterocycles. The van der Waals surface area contributed by atoms with Crippen LogP contribution in [0, 0.1) is 0 Å². The molecule has 1 aromatic rings. The minimum atomic E-state index is -0.0616. The Morgan fingerprint density at radius 2 is 2.00 bits per heavy atom. The Bertz CT molecular complexity index is 490. The molecule has 0 radical (unpaired) electrons. The molecule has 1 aliphatic carbocycles. The average Bonchev–Trinajstić information content (AvgIpc) is 3.31. The van der Waals surface area contributed by atoms with E-state index in [1.807, 2.05) is 6.07 Å². The summed E-state index contributed by atoms with van der Waals surface area (Å²) in [6.45, 7) is 2.33. The van der Waals surface area contributed by atoms with Crippen LogP contribution in [0.15, 0.2) is 18.3 Å². The molecule has 1 N–H and O–H groups in total. The van der Waals surface area contributed by atoms with Gasteiger partial charge in [-0.05, 0) is 25.0 Å². The fourth-order valence-corrected chi connectivity index (χ4v) is 2.26. The monoisotopic (exact) mass is 274 g/mol. The Labute approximate surface area is 117 Å². The van der Waals surface area contributed by atoms with Crippen molar-refractivity contribution in [2.24, 2.45) is 0 Å². The molecule has 1 saturated heterocycles. The molecule has 2 heterocycles. The van der Waals surface area contributed by atoms with Gasteiger partial charge in [0.1, 0.15) is 5.69 Å². The first-order valence-electron chi connectivity index (χ1n) is 6.97. The summed E-state index contributed by atoms with van der Waals surface area (Å²) in [5.41, 5.74) is 1.43. The van der Waals surface area contributed by atoms with Gasteiger partial charge in [-0.3, -0.25) is 9.59 Å². The van der Waals surface area contributed by atoms with E-state index in [9.17, 15) is 9.59 Å². The summed E-state index contributed by atoms with van der Waals surface area (Å²) < 4.78 is 0. The van der Waals surface area contributed by atoms with Crippen LogP contribution in [0.4, 0.5) is 5.69 Å². The Hall–Kier alpha value is -2.11. The van der Waals surface area contributed by atoms with Crippen LogP contribution in [0.3, 0.4) is 0 Å². The van der Waals surface area contributed by atoms with Crippen LogP contribution in [0.25, 0.3) is 0 Å². The number of aromatic nitrogens is 1. The number of amides is 2. The quantitative estimate of drug-likeness (QED) is 0.815. The van der Waals surface area contributed by atoms with Gasteiger partial charge in [0.2, 0.25) is 6.41 Å². The summed E-state index contributed by atoms with van der Waals surface area (Å²) in [7, 11) is 0. The lowest BCUT2D eigenvalue weighted by atomic mass is 10.2. The van der Waals surface area contributed by atoms with Gasteiger partial charge in [0, 0.05) is 32.2 Å². The average molecular weight is 274 g/mol. The van der Waals surface area contributed by atoms with Crippen LogP contribution in [0.1, 0.15) is 23.3 Å². The minimum absolute atomic E-state index is 0.0616. The zero-order valence-corrected chi connectivity index (χ0v) is 11.3. The Morgan fingerprint density at radius 3 is 2.55 bits per heavy atom. The first-order valence-corrected chi connectivity index (χ1v) is 6.97. The maximum absolute atomic E-state index is 12.3. The summed E-state index contributed by atoms with van der Waals surface area (Å²) in [5.74, 6) is -0.0616. The number of nitrogens with zero attached hydrogens (tertiary/aromatic N) is 3. The van der Waals surface area contributed by atoms with Gasteiger partial charge in [0.25, 0.3) is 5.91 Å². The van der Waals surface area contributed by atoms with Gasteiger partial charge in [-0.15, -0.1) is 0 Å². The molecule has 0 unspecified atom stereocenters. The summed E-state index contributed by atoms with van der Waals surface area (Å²) in [6.07, 6.45) is 4.97. The second-order valence-electron chi connectivity index (χ2n) is 5.28. The molecule has 1 aromatic heterocycles. The molecule has 0 atom stereocenters. The summed E-state index contributed by atoms with van der Waals surface area (Å²) in [6, 6.07) is 4.24. The lowest BCUT2D eigenvalue weighted by molar-refractivity contribution is -0.119.